The van der Waals surface area contributed by atoms with Crippen LogP contribution < -0.4 is 5.73 Å². The van der Waals surface area contributed by atoms with Crippen LogP contribution in [0.1, 0.15) is 39.5 Å². The highest BCUT2D eigenvalue weighted by atomic mass is 16.5. The number of amides is 1. The molecule has 5 heteroatoms. The second kappa shape index (κ2) is 13.0. The summed E-state index contributed by atoms with van der Waals surface area (Å²) in [7, 11) is 3.34. The molecule has 0 aromatic heterocycles. The molecule has 0 saturated heterocycles. The van der Waals surface area contributed by atoms with Gasteiger partial charge in [0.05, 0.1) is 6.61 Å². The Morgan fingerprint density at radius 3 is 2.29 bits per heavy atom. The zero-order valence-electron chi connectivity index (χ0n) is 14.3. The first-order valence-corrected chi connectivity index (χ1v) is 8.02. The summed E-state index contributed by atoms with van der Waals surface area (Å²) in [6.07, 6.45) is 3.37. The van der Waals surface area contributed by atoms with E-state index >= 15 is 0 Å². The molecule has 1 unspecified atom stereocenters. The van der Waals surface area contributed by atoms with Crippen LogP contribution in [0.15, 0.2) is 0 Å². The highest BCUT2D eigenvalue weighted by Crippen LogP contribution is 2.21. The van der Waals surface area contributed by atoms with Crippen molar-refractivity contribution in [3.63, 3.8) is 0 Å². The van der Waals surface area contributed by atoms with E-state index < -0.39 is 0 Å². The summed E-state index contributed by atoms with van der Waals surface area (Å²) in [6.45, 7) is 7.74. The van der Waals surface area contributed by atoms with Crippen LogP contribution in [0.5, 0.6) is 0 Å². The molecule has 0 bridgehead atoms. The summed E-state index contributed by atoms with van der Waals surface area (Å²) < 4.78 is 10.1. The van der Waals surface area contributed by atoms with Crippen molar-refractivity contribution in [2.24, 2.45) is 17.6 Å². The normalized spacial score (nSPS) is 12.7. The predicted octanol–water partition coefficient (Wildman–Crippen LogP) is 1.90. The minimum Gasteiger partial charge on any atom is -0.385 e. The van der Waals surface area contributed by atoms with Crippen LogP contribution in [0.2, 0.25) is 0 Å². The van der Waals surface area contributed by atoms with Gasteiger partial charge in [0.2, 0.25) is 5.91 Å². The molecule has 0 aliphatic heterocycles. The Labute approximate surface area is 130 Å². The van der Waals surface area contributed by atoms with Gasteiger partial charge in [0, 0.05) is 40.3 Å². The second-order valence-electron chi connectivity index (χ2n) is 5.84. The number of rotatable bonds is 13. The number of carbonyl (C=O) groups excluding carboxylic acids is 1. The lowest BCUT2D eigenvalue weighted by Gasteiger charge is -2.25. The van der Waals surface area contributed by atoms with Crippen LogP contribution in [0.4, 0.5) is 0 Å². The molecule has 0 aliphatic rings. The lowest BCUT2D eigenvalue weighted by atomic mass is 9.88. The number of hydrogen-bond acceptors (Lipinski definition) is 4. The molecule has 5 nitrogen and oxygen atoms in total. The lowest BCUT2D eigenvalue weighted by Crippen LogP contribution is -2.35. The van der Waals surface area contributed by atoms with Gasteiger partial charge in [-0.05, 0) is 37.6 Å². The fraction of sp³-hybridized carbons (Fsp3) is 0.938. The average Bonchev–Trinajstić information content (AvgIpc) is 2.46. The molecule has 1 atom stereocenters. The molecule has 0 fully saturated rings. The van der Waals surface area contributed by atoms with Crippen molar-refractivity contribution < 1.29 is 14.3 Å². The summed E-state index contributed by atoms with van der Waals surface area (Å²) in [5.74, 6) is 1.32. The minimum atomic E-state index is 0.214. The predicted molar refractivity (Wildman–Crippen MR) is 86.2 cm³/mol. The molecule has 0 aromatic carbocycles. The largest absolute Gasteiger partial charge is 0.385 e. The van der Waals surface area contributed by atoms with E-state index in [9.17, 15) is 4.79 Å². The molecule has 0 rings (SSSR count). The molecule has 126 valence electrons. The van der Waals surface area contributed by atoms with E-state index in [-0.39, 0.29) is 5.91 Å². The van der Waals surface area contributed by atoms with Crippen molar-refractivity contribution in [3.8, 4) is 0 Å². The molecular formula is C16H34N2O3. The Kier molecular flexibility index (Phi) is 12.6. The Morgan fingerprint density at radius 2 is 1.76 bits per heavy atom. The third kappa shape index (κ3) is 9.82. The SMILES string of the molecule is COCCCN(CCOC)C(=O)CCC(CCN)C(C)C. The molecule has 0 aromatic rings. The molecule has 0 saturated carbocycles. The third-order valence-corrected chi connectivity index (χ3v) is 3.90. The van der Waals surface area contributed by atoms with E-state index in [1.54, 1.807) is 14.2 Å². The fourth-order valence-electron chi connectivity index (χ4n) is 2.45. The van der Waals surface area contributed by atoms with E-state index in [2.05, 4.69) is 13.8 Å². The molecule has 0 spiro atoms. The standard InChI is InChI=1S/C16H34N2O3/c1-14(2)15(8-9-17)6-7-16(19)18(11-13-21-4)10-5-12-20-3/h14-15H,5-13,17H2,1-4H3. The Balaban J connectivity index is 4.29. The number of methoxy groups -OCH3 is 2. The molecule has 0 aliphatic carbocycles. The van der Waals surface area contributed by atoms with Gasteiger partial charge in [-0.3, -0.25) is 4.79 Å². The highest BCUT2D eigenvalue weighted by Gasteiger charge is 2.18. The van der Waals surface area contributed by atoms with Gasteiger partial charge in [0.15, 0.2) is 0 Å². The Hall–Kier alpha value is -0.650. The van der Waals surface area contributed by atoms with Crippen LogP contribution >= 0.6 is 0 Å². The smallest absolute Gasteiger partial charge is 0.222 e. The molecule has 2 N–H and O–H groups in total. The number of hydrogen-bond donors (Lipinski definition) is 1. The van der Waals surface area contributed by atoms with E-state index in [1.165, 1.54) is 0 Å². The lowest BCUT2D eigenvalue weighted by molar-refractivity contribution is -0.132. The van der Waals surface area contributed by atoms with Gasteiger partial charge >= 0.3 is 0 Å². The Morgan fingerprint density at radius 1 is 1.10 bits per heavy atom. The van der Waals surface area contributed by atoms with Crippen molar-refractivity contribution >= 4 is 5.91 Å². The van der Waals surface area contributed by atoms with Crippen molar-refractivity contribution in [1.29, 1.82) is 0 Å². The zero-order valence-corrected chi connectivity index (χ0v) is 14.3. The molecular weight excluding hydrogens is 268 g/mol. The quantitative estimate of drug-likeness (QED) is 0.528. The van der Waals surface area contributed by atoms with Crippen LogP contribution in [0, 0.1) is 11.8 Å². The van der Waals surface area contributed by atoms with E-state index in [0.717, 1.165) is 25.8 Å². The summed E-state index contributed by atoms with van der Waals surface area (Å²) in [4.78, 5) is 14.3. The monoisotopic (exact) mass is 302 g/mol. The Bertz CT molecular complexity index is 260. The zero-order chi connectivity index (χ0) is 16.1. The third-order valence-electron chi connectivity index (χ3n) is 3.90. The highest BCUT2D eigenvalue weighted by molar-refractivity contribution is 5.76. The maximum atomic E-state index is 12.4. The summed E-state index contributed by atoms with van der Waals surface area (Å²) in [6, 6.07) is 0. The average molecular weight is 302 g/mol. The number of ether oxygens (including phenoxy) is 2. The summed E-state index contributed by atoms with van der Waals surface area (Å²) >= 11 is 0. The molecule has 0 heterocycles. The topological polar surface area (TPSA) is 64.8 Å². The van der Waals surface area contributed by atoms with Crippen molar-refractivity contribution in [2.45, 2.75) is 39.5 Å². The van der Waals surface area contributed by atoms with E-state index in [0.29, 0.717) is 44.6 Å². The first-order chi connectivity index (χ1) is 10.1. The van der Waals surface area contributed by atoms with Gasteiger partial charge in [-0.2, -0.15) is 0 Å². The number of nitrogens with zero attached hydrogens (tertiary/aromatic N) is 1. The minimum absolute atomic E-state index is 0.214. The van der Waals surface area contributed by atoms with Crippen molar-refractivity contribution in [3.05, 3.63) is 0 Å². The van der Waals surface area contributed by atoms with Crippen molar-refractivity contribution in [1.82, 2.24) is 4.90 Å². The van der Waals surface area contributed by atoms with Gasteiger partial charge in [0.25, 0.3) is 0 Å². The maximum absolute atomic E-state index is 12.4. The van der Waals surface area contributed by atoms with Crippen molar-refractivity contribution in [2.75, 3.05) is 47.1 Å². The summed E-state index contributed by atoms with van der Waals surface area (Å²) in [5, 5.41) is 0. The first-order valence-electron chi connectivity index (χ1n) is 8.02. The van der Waals surface area contributed by atoms with Crippen LogP contribution in [-0.2, 0) is 14.3 Å². The van der Waals surface area contributed by atoms with Crippen LogP contribution in [-0.4, -0.2) is 57.9 Å². The molecule has 21 heavy (non-hydrogen) atoms. The van der Waals surface area contributed by atoms with Crippen LogP contribution in [0.3, 0.4) is 0 Å². The number of nitrogens with two attached hydrogens (primary N) is 1. The fourth-order valence-corrected chi connectivity index (χ4v) is 2.45. The van der Waals surface area contributed by atoms with Gasteiger partial charge < -0.3 is 20.1 Å². The van der Waals surface area contributed by atoms with E-state index in [1.807, 2.05) is 4.90 Å². The van der Waals surface area contributed by atoms with Gasteiger partial charge in [-0.25, -0.2) is 0 Å². The van der Waals surface area contributed by atoms with Crippen LogP contribution in [0.25, 0.3) is 0 Å². The van der Waals surface area contributed by atoms with E-state index in [4.69, 9.17) is 15.2 Å². The molecule has 0 radical (unpaired) electrons. The van der Waals surface area contributed by atoms with Gasteiger partial charge in [-0.15, -0.1) is 0 Å². The summed E-state index contributed by atoms with van der Waals surface area (Å²) in [5.41, 5.74) is 5.65. The van der Waals surface area contributed by atoms with Gasteiger partial charge in [-0.1, -0.05) is 13.8 Å². The second-order valence-corrected chi connectivity index (χ2v) is 5.84. The van der Waals surface area contributed by atoms with Gasteiger partial charge in [0.1, 0.15) is 0 Å². The maximum Gasteiger partial charge on any atom is 0.222 e. The molecule has 1 amide bonds. The number of carbonyl (C=O) groups is 1. The first kappa shape index (κ1) is 20.3.